The third-order valence-electron chi connectivity index (χ3n) is 6.58. The van der Waals surface area contributed by atoms with E-state index in [-0.39, 0.29) is 45.6 Å². The minimum atomic E-state index is -0.584. The Kier molecular flexibility index (Phi) is 5.33. The largest absolute Gasteiger partial charge is 0.293 e. The molecule has 1 aromatic carbocycles. The molecule has 2 aromatic heterocycles. The lowest BCUT2D eigenvalue weighted by Crippen LogP contribution is -2.49. The normalized spacial score (nSPS) is 22.4. The lowest BCUT2D eigenvalue weighted by atomic mass is 9.72. The number of alkyl halides is 1. The Bertz CT molecular complexity index is 1660. The summed E-state index contributed by atoms with van der Waals surface area (Å²) in [6, 6.07) is 4.89. The van der Waals surface area contributed by atoms with E-state index in [1.807, 2.05) is 0 Å². The molecule has 0 saturated carbocycles. The molecule has 0 N–H and O–H groups in total. The molecule has 180 valence electrons. The molecule has 0 saturated heterocycles. The summed E-state index contributed by atoms with van der Waals surface area (Å²) in [7, 11) is 0. The van der Waals surface area contributed by atoms with Crippen LogP contribution in [0, 0.1) is 18.8 Å². The Balaban J connectivity index is 1.53. The third-order valence-corrected chi connectivity index (χ3v) is 7.61. The maximum absolute atomic E-state index is 13.3. The van der Waals surface area contributed by atoms with E-state index < -0.39 is 22.8 Å². The number of fused-ring (bicyclic) bond motifs is 4. The molecule has 2 aliphatic carbocycles. The van der Waals surface area contributed by atoms with Gasteiger partial charge in [0.1, 0.15) is 28.3 Å². The van der Waals surface area contributed by atoms with Gasteiger partial charge < -0.3 is 0 Å². The van der Waals surface area contributed by atoms with Crippen molar-refractivity contribution in [2.75, 3.05) is 11.1 Å². The highest BCUT2D eigenvalue weighted by Crippen LogP contribution is 2.38. The van der Waals surface area contributed by atoms with Crippen LogP contribution >= 0.6 is 35.0 Å². The molecular weight excluding hydrogens is 527 g/mol. The van der Waals surface area contributed by atoms with Crippen LogP contribution in [-0.2, 0) is 0 Å². The van der Waals surface area contributed by atoms with Crippen molar-refractivity contribution in [1.82, 2.24) is 9.66 Å². The highest BCUT2D eigenvalue weighted by molar-refractivity contribution is 6.37. The minimum Gasteiger partial charge on any atom is -0.293 e. The topological polar surface area (TPSA) is 101 Å². The van der Waals surface area contributed by atoms with E-state index in [4.69, 9.17) is 35.0 Å². The molecule has 1 aliphatic heterocycles. The Morgan fingerprint density at radius 3 is 2.58 bits per heavy atom. The smallest absolute Gasteiger partial charge is 0.282 e. The van der Waals surface area contributed by atoms with Crippen molar-refractivity contribution in [2.24, 2.45) is 22.2 Å². The molecule has 0 bridgehead atoms. The average molecular weight is 543 g/mol. The van der Waals surface area contributed by atoms with Gasteiger partial charge in [0.2, 0.25) is 6.20 Å². The van der Waals surface area contributed by atoms with E-state index in [1.165, 1.54) is 9.20 Å². The van der Waals surface area contributed by atoms with E-state index in [1.54, 1.807) is 60.3 Å². The summed E-state index contributed by atoms with van der Waals surface area (Å²) in [5.74, 6) is -1.22. The highest BCUT2D eigenvalue weighted by Gasteiger charge is 2.42. The first-order valence-electron chi connectivity index (χ1n) is 11.0. The second-order valence-electron chi connectivity index (χ2n) is 8.63. The van der Waals surface area contributed by atoms with E-state index in [0.29, 0.717) is 16.8 Å². The zero-order chi connectivity index (χ0) is 25.3. The first-order chi connectivity index (χ1) is 17.3. The van der Waals surface area contributed by atoms with Gasteiger partial charge in [0.05, 0.1) is 40.2 Å². The van der Waals surface area contributed by atoms with Gasteiger partial charge in [-0.25, -0.2) is 0 Å². The first kappa shape index (κ1) is 23.0. The highest BCUT2D eigenvalue weighted by atomic mass is 35.5. The average Bonchev–Trinajstić information content (AvgIpc) is 3.15. The predicted molar refractivity (Wildman–Crippen MR) is 134 cm³/mol. The van der Waals surface area contributed by atoms with Crippen LogP contribution in [0.3, 0.4) is 0 Å². The van der Waals surface area contributed by atoms with Crippen LogP contribution in [0.25, 0.3) is 10.9 Å². The van der Waals surface area contributed by atoms with Crippen LogP contribution in [-0.4, -0.2) is 27.8 Å². The maximum atomic E-state index is 13.3. The Morgan fingerprint density at radius 1 is 1.11 bits per heavy atom. The number of nitrogens with zero attached hydrogens (tertiary/aromatic N) is 6. The van der Waals surface area contributed by atoms with Crippen molar-refractivity contribution >= 4 is 63.1 Å². The zero-order valence-corrected chi connectivity index (χ0v) is 20.9. The molecule has 36 heavy (non-hydrogen) atoms. The lowest BCUT2D eigenvalue weighted by molar-refractivity contribution is -0.671. The van der Waals surface area contributed by atoms with Crippen molar-refractivity contribution in [3.05, 3.63) is 86.7 Å². The number of allylic oxidation sites excluding steroid dienone is 4. The SMILES string of the molecule is Cc1nc(=O)c2c(Cl)c3[n+](cc2n1N=Nc1cccc2c1C(=O)[C@H]1C=CC=C[C@@H]1C2=O)N(Cl)C[C@@H]3Cl. The van der Waals surface area contributed by atoms with Crippen molar-refractivity contribution in [3.8, 4) is 0 Å². The fraction of sp³-hybridized carbons (Fsp3) is 0.208. The number of hydrogen-bond donors (Lipinski definition) is 0. The lowest BCUT2D eigenvalue weighted by Gasteiger charge is -2.28. The van der Waals surface area contributed by atoms with Gasteiger partial charge in [0.25, 0.3) is 11.3 Å². The molecule has 0 spiro atoms. The molecule has 3 aliphatic rings. The summed E-state index contributed by atoms with van der Waals surface area (Å²) in [6.07, 6.45) is 8.59. The molecule has 3 aromatic rings. The molecule has 0 unspecified atom stereocenters. The quantitative estimate of drug-likeness (QED) is 0.208. The number of benzene rings is 1. The first-order valence-corrected chi connectivity index (χ1v) is 12.2. The molecule has 0 fully saturated rings. The number of carbonyl (C=O) groups excluding carboxylic acids is 2. The standard InChI is InChI=1S/C24H16Cl3N6O3/c1-11-28-24(36)19-17(10-31-21(20(19)26)15(25)9-32(31)27)33(11)30-29-16-8-4-7-14-18(16)23(35)13-6-3-2-5-12(13)22(14)34/h2-8,10,12-13,15H,9H2,1H3/q+1/t12-,13-,15-/m0/s1. The van der Waals surface area contributed by atoms with Gasteiger partial charge in [0.15, 0.2) is 11.6 Å². The van der Waals surface area contributed by atoms with Crippen LogP contribution < -0.4 is 14.8 Å². The number of aryl methyl sites for hydroxylation is 1. The van der Waals surface area contributed by atoms with Crippen LogP contribution in [0.2, 0.25) is 5.02 Å². The number of ketones is 2. The molecule has 6 rings (SSSR count). The second kappa shape index (κ2) is 8.33. The van der Waals surface area contributed by atoms with Gasteiger partial charge >= 0.3 is 0 Å². The molecule has 0 amide bonds. The van der Waals surface area contributed by atoms with Gasteiger partial charge in [-0.05, 0) is 13.0 Å². The molecule has 9 nitrogen and oxygen atoms in total. The summed E-state index contributed by atoms with van der Waals surface area (Å²) >= 11 is 19.3. The second-order valence-corrected chi connectivity index (χ2v) is 9.93. The fourth-order valence-electron chi connectivity index (χ4n) is 4.89. The van der Waals surface area contributed by atoms with Crippen LogP contribution in [0.4, 0.5) is 5.69 Å². The number of aromatic nitrogens is 3. The van der Waals surface area contributed by atoms with E-state index in [9.17, 15) is 14.4 Å². The number of carbonyl (C=O) groups is 2. The third kappa shape index (κ3) is 3.27. The number of pyridine rings is 1. The van der Waals surface area contributed by atoms with Crippen LogP contribution in [0.1, 0.15) is 37.6 Å². The van der Waals surface area contributed by atoms with Gasteiger partial charge in [-0.1, -0.05) is 62.5 Å². The molecular formula is C24H16Cl3N6O3+. The Labute approximate surface area is 219 Å². The van der Waals surface area contributed by atoms with Gasteiger partial charge in [0, 0.05) is 5.56 Å². The number of halogens is 3. The van der Waals surface area contributed by atoms with Crippen molar-refractivity contribution in [3.63, 3.8) is 0 Å². The number of hydrogen-bond acceptors (Lipinski definition) is 7. The monoisotopic (exact) mass is 541 g/mol. The summed E-state index contributed by atoms with van der Waals surface area (Å²) in [6.45, 7) is 1.87. The Hall–Kier alpha value is -3.40. The summed E-state index contributed by atoms with van der Waals surface area (Å²) in [4.78, 5) is 43.2. The number of rotatable bonds is 2. The maximum Gasteiger partial charge on any atom is 0.282 e. The predicted octanol–water partition coefficient (Wildman–Crippen LogP) is 4.32. The van der Waals surface area contributed by atoms with Crippen molar-refractivity contribution in [1.29, 1.82) is 0 Å². The minimum absolute atomic E-state index is 0.119. The van der Waals surface area contributed by atoms with Crippen LogP contribution in [0.15, 0.2) is 63.8 Å². The van der Waals surface area contributed by atoms with Crippen LogP contribution in [0.5, 0.6) is 0 Å². The summed E-state index contributed by atoms with van der Waals surface area (Å²) in [5, 5.41) is 8.34. The zero-order valence-electron chi connectivity index (χ0n) is 18.6. The Morgan fingerprint density at radius 2 is 1.83 bits per heavy atom. The van der Waals surface area contributed by atoms with E-state index in [0.717, 1.165) is 0 Å². The van der Waals surface area contributed by atoms with Gasteiger partial charge in [-0.2, -0.15) is 9.66 Å². The summed E-state index contributed by atoms with van der Waals surface area (Å²) < 4.78 is 4.23. The number of Topliss-reactive ketones (excluding diaryl/α,β-unsaturated/α-hetero) is 2. The van der Waals surface area contributed by atoms with E-state index >= 15 is 0 Å². The van der Waals surface area contributed by atoms with Crippen molar-refractivity contribution in [2.45, 2.75) is 12.3 Å². The van der Waals surface area contributed by atoms with E-state index in [2.05, 4.69) is 15.3 Å². The molecule has 0 radical (unpaired) electrons. The van der Waals surface area contributed by atoms with Gasteiger partial charge in [-0.3, -0.25) is 14.4 Å². The molecule has 12 heteroatoms. The van der Waals surface area contributed by atoms with Crippen molar-refractivity contribution < 1.29 is 14.3 Å². The summed E-state index contributed by atoms with van der Waals surface area (Å²) in [5.41, 5.74) is 0.984. The molecule has 3 atom stereocenters. The fourth-order valence-corrected chi connectivity index (χ4v) is 6.02. The van der Waals surface area contributed by atoms with Gasteiger partial charge in [-0.15, -0.1) is 16.7 Å². The molecule has 3 heterocycles.